The molecule has 1 heterocycles. The van der Waals surface area contributed by atoms with Crippen molar-refractivity contribution in [1.29, 1.82) is 0 Å². The lowest BCUT2D eigenvalue weighted by Gasteiger charge is -2.18. The minimum atomic E-state index is -5.72. The van der Waals surface area contributed by atoms with Crippen LogP contribution in [0.5, 0.6) is 0 Å². The first-order valence-corrected chi connectivity index (χ1v) is 5.62. The molecule has 0 bridgehead atoms. The summed E-state index contributed by atoms with van der Waals surface area (Å²) in [5, 5.41) is 0. The zero-order chi connectivity index (χ0) is 10.8. The summed E-state index contributed by atoms with van der Waals surface area (Å²) in [4.78, 5) is 3.47. The largest absolute Gasteiger partial charge is 0.485 e. The SMILES string of the molecule is FC(F)(F)C(F)(F)On1pn[pH][nH][pH]1. The molecule has 4 nitrogen and oxygen atoms in total. The van der Waals surface area contributed by atoms with E-state index in [-0.39, 0.29) is 17.0 Å². The van der Waals surface area contributed by atoms with Gasteiger partial charge in [0.1, 0.15) is 0 Å². The van der Waals surface area contributed by atoms with Crippen LogP contribution in [0.2, 0.25) is 0 Å². The van der Waals surface area contributed by atoms with Gasteiger partial charge in [-0.05, 0) is 0 Å². The van der Waals surface area contributed by atoms with Crippen LogP contribution in [-0.4, -0.2) is 25.6 Å². The second kappa shape index (κ2) is 4.19. The first-order valence-electron chi connectivity index (χ1n) is 2.93. The number of rotatable bonds is 2. The molecule has 2 unspecified atom stereocenters. The average molecular weight is 273 g/mol. The number of nitrogens with one attached hydrogen (secondary N) is 1. The molecular formula is C2H3F5N3OP3. The van der Waals surface area contributed by atoms with Gasteiger partial charge in [-0.2, -0.15) is 35.6 Å². The number of nitrogens with zero attached hydrogens (tertiary/aromatic N) is 2. The van der Waals surface area contributed by atoms with Gasteiger partial charge in [0.25, 0.3) is 0 Å². The first kappa shape index (κ1) is 12.0. The summed E-state index contributed by atoms with van der Waals surface area (Å²) in [7, 11) is -0.535. The molecule has 1 aromatic rings. The molecule has 14 heavy (non-hydrogen) atoms. The van der Waals surface area contributed by atoms with Gasteiger partial charge in [0.2, 0.25) is 0 Å². The normalized spacial score (nSPS) is 14.6. The Morgan fingerprint density at radius 3 is 2.36 bits per heavy atom. The van der Waals surface area contributed by atoms with Crippen LogP contribution in [0.4, 0.5) is 22.0 Å². The molecule has 0 amide bonds. The van der Waals surface area contributed by atoms with Crippen LogP contribution in [0.1, 0.15) is 0 Å². The number of aromatic nitrogens is 3. The monoisotopic (exact) mass is 273 g/mol. The maximum atomic E-state index is 12.3. The van der Waals surface area contributed by atoms with Gasteiger partial charge >= 0.3 is 12.3 Å². The van der Waals surface area contributed by atoms with E-state index in [1.54, 1.807) is 0 Å². The minimum absolute atomic E-state index is 0.0120. The van der Waals surface area contributed by atoms with Gasteiger partial charge in [0.05, 0.1) is 0 Å². The van der Waals surface area contributed by atoms with Crippen molar-refractivity contribution in [1.82, 2.24) is 13.3 Å². The van der Waals surface area contributed by atoms with E-state index in [1.807, 2.05) is 0 Å². The fourth-order valence-corrected chi connectivity index (χ4v) is 3.45. The third-order valence-corrected chi connectivity index (χ3v) is 3.66. The third kappa shape index (κ3) is 2.95. The van der Waals surface area contributed by atoms with E-state index >= 15 is 0 Å². The smallest absolute Gasteiger partial charge is 0.311 e. The Morgan fingerprint density at radius 1 is 1.29 bits per heavy atom. The molecule has 0 fully saturated rings. The van der Waals surface area contributed by atoms with E-state index in [4.69, 9.17) is 0 Å². The van der Waals surface area contributed by atoms with Crippen molar-refractivity contribution in [3.63, 3.8) is 0 Å². The van der Waals surface area contributed by atoms with Crippen molar-refractivity contribution >= 4 is 25.5 Å². The molecule has 0 radical (unpaired) electrons. The van der Waals surface area contributed by atoms with Crippen LogP contribution in [0.3, 0.4) is 0 Å². The Morgan fingerprint density at radius 2 is 1.93 bits per heavy atom. The predicted octanol–water partition coefficient (Wildman–Crippen LogP) is 2.56. The zero-order valence-corrected chi connectivity index (χ0v) is 9.03. The summed E-state index contributed by atoms with van der Waals surface area (Å²) in [6.45, 7) is 0. The lowest BCUT2D eigenvalue weighted by molar-refractivity contribution is -0.383. The van der Waals surface area contributed by atoms with E-state index < -0.39 is 20.8 Å². The molecule has 0 aliphatic carbocycles. The Kier molecular flexibility index (Phi) is 3.58. The molecule has 12 heteroatoms. The summed E-state index contributed by atoms with van der Waals surface area (Å²) >= 11 is 0. The molecule has 0 saturated carbocycles. The average Bonchev–Trinajstić information content (AvgIpc) is 2.03. The second-order valence-corrected chi connectivity index (χ2v) is 5.49. The highest BCUT2D eigenvalue weighted by atomic mass is 31.1. The Labute approximate surface area is 78.8 Å². The molecular weight excluding hydrogens is 270 g/mol. The maximum Gasteiger partial charge on any atom is 0.485 e. The minimum Gasteiger partial charge on any atom is -0.311 e. The molecule has 0 aliphatic heterocycles. The molecule has 82 valence electrons. The molecule has 0 aliphatic rings. The molecule has 0 saturated heterocycles. The third-order valence-electron chi connectivity index (χ3n) is 0.915. The number of halogens is 5. The molecule has 2 atom stereocenters. The Balaban J connectivity index is 2.79. The number of hydrogen-bond donors (Lipinski definition) is 1. The standard InChI is InChI=1S/C2H3F5N3OP3/c3-1(4,5)2(6,7)11-10-13-8-12-9-14-10/h8,12-13H. The van der Waals surface area contributed by atoms with Crippen LogP contribution in [0.15, 0.2) is 0 Å². The van der Waals surface area contributed by atoms with Crippen molar-refractivity contribution in [2.45, 2.75) is 12.3 Å². The number of H-pyrrole nitrogens is 1. The summed E-state index contributed by atoms with van der Waals surface area (Å²) in [6.07, 6.45) is -10.9. The van der Waals surface area contributed by atoms with Gasteiger partial charge in [0, 0.05) is 17.0 Å². The number of hydrogen-bond acceptors (Lipinski definition) is 2. The van der Waals surface area contributed by atoms with E-state index in [0.717, 1.165) is 0 Å². The first-order chi connectivity index (χ1) is 6.33. The Hall–Kier alpha value is -0.0900. The van der Waals surface area contributed by atoms with Crippen LogP contribution >= 0.6 is 25.5 Å². The molecule has 1 N–H and O–H groups in total. The fraction of sp³-hybridized carbons (Fsp3) is 1.00. The maximum absolute atomic E-state index is 12.3. The van der Waals surface area contributed by atoms with Crippen molar-refractivity contribution in [2.24, 2.45) is 0 Å². The molecule has 0 aromatic carbocycles. The highest BCUT2D eigenvalue weighted by Gasteiger charge is 2.60. The molecule has 1 rings (SSSR count). The van der Waals surface area contributed by atoms with E-state index in [2.05, 4.69) is 13.9 Å². The molecule has 0 spiro atoms. The number of alkyl halides is 5. The quantitative estimate of drug-likeness (QED) is 0.841. The highest BCUT2D eigenvalue weighted by Crippen LogP contribution is 2.35. The zero-order valence-electron chi connectivity index (χ0n) is 6.14. The van der Waals surface area contributed by atoms with Gasteiger partial charge < -0.3 is 4.51 Å². The van der Waals surface area contributed by atoms with Crippen LogP contribution in [0.25, 0.3) is 0 Å². The topological polar surface area (TPSA) is 42.8 Å². The van der Waals surface area contributed by atoms with E-state index in [9.17, 15) is 22.0 Å². The summed E-state index contributed by atoms with van der Waals surface area (Å²) < 4.78 is 65.8. The lowest BCUT2D eigenvalue weighted by Crippen LogP contribution is -2.44. The van der Waals surface area contributed by atoms with Crippen LogP contribution in [0, 0.1) is 0 Å². The molecule has 1 aromatic heterocycles. The van der Waals surface area contributed by atoms with Crippen molar-refractivity contribution in [3.05, 3.63) is 0 Å². The highest BCUT2D eigenvalue weighted by molar-refractivity contribution is 7.44. The van der Waals surface area contributed by atoms with Crippen molar-refractivity contribution in [3.8, 4) is 0 Å². The second-order valence-electron chi connectivity index (χ2n) is 1.92. The summed E-state index contributed by atoms with van der Waals surface area (Å²) in [5.74, 6) is 0. The van der Waals surface area contributed by atoms with Gasteiger partial charge in [-0.15, -0.1) is 0 Å². The van der Waals surface area contributed by atoms with Crippen LogP contribution < -0.4 is 4.84 Å². The van der Waals surface area contributed by atoms with Crippen molar-refractivity contribution in [2.75, 3.05) is 0 Å². The predicted molar refractivity (Wildman–Crippen MR) is 43.3 cm³/mol. The fourth-order valence-electron chi connectivity index (χ4n) is 0.385. The van der Waals surface area contributed by atoms with Gasteiger partial charge in [-0.3, -0.25) is 0 Å². The van der Waals surface area contributed by atoms with E-state index in [1.165, 1.54) is 0 Å². The van der Waals surface area contributed by atoms with E-state index in [0.29, 0.717) is 4.26 Å². The lowest BCUT2D eigenvalue weighted by atomic mass is 10.6. The Bertz CT molecular complexity index is 305. The number of aromatic amines is 1. The summed E-state index contributed by atoms with van der Waals surface area (Å²) in [5.41, 5.74) is 0. The van der Waals surface area contributed by atoms with Crippen molar-refractivity contribution < 1.29 is 26.8 Å². The summed E-state index contributed by atoms with van der Waals surface area (Å²) in [6, 6.07) is 0. The van der Waals surface area contributed by atoms with Crippen LogP contribution in [-0.2, 0) is 0 Å². The van der Waals surface area contributed by atoms with Gasteiger partial charge in [-0.25, -0.2) is 0 Å². The van der Waals surface area contributed by atoms with Gasteiger partial charge in [-0.1, -0.05) is 0 Å². The van der Waals surface area contributed by atoms with Gasteiger partial charge in [0.15, 0.2) is 8.51 Å².